The highest BCUT2D eigenvalue weighted by atomic mass is 35.5. The van der Waals surface area contributed by atoms with Crippen LogP contribution < -0.4 is 0 Å². The molecule has 0 aliphatic heterocycles. The van der Waals surface area contributed by atoms with Gasteiger partial charge in [0.1, 0.15) is 16.1 Å². The normalized spacial score (nSPS) is 9.77. The third-order valence-corrected chi connectivity index (χ3v) is 3.04. The molecular weight excluding hydrogens is 256 g/mol. The number of aromatic hydroxyl groups is 1. The number of hydrogen-bond donors (Lipinski definition) is 1. The summed E-state index contributed by atoms with van der Waals surface area (Å²) in [7, 11) is 0. The van der Waals surface area contributed by atoms with Gasteiger partial charge in [-0.25, -0.2) is 0 Å². The fourth-order valence-electron chi connectivity index (χ4n) is 0.718. The molecule has 0 amide bonds. The second kappa shape index (κ2) is 3.81. The predicted octanol–water partition coefficient (Wildman–Crippen LogP) is 3.88. The number of hydrogen-bond acceptors (Lipinski definition) is 2. The first-order valence-corrected chi connectivity index (χ1v) is 4.47. The van der Waals surface area contributed by atoms with Gasteiger partial charge in [0.05, 0.1) is 15.6 Å². The van der Waals surface area contributed by atoms with Crippen molar-refractivity contribution in [3.8, 4) is 11.8 Å². The van der Waals surface area contributed by atoms with E-state index in [-0.39, 0.29) is 25.7 Å². The lowest BCUT2D eigenvalue weighted by Gasteiger charge is -2.06. The van der Waals surface area contributed by atoms with Crippen LogP contribution >= 0.6 is 46.4 Å². The van der Waals surface area contributed by atoms with Crippen LogP contribution in [0, 0.1) is 11.3 Å². The van der Waals surface area contributed by atoms with Gasteiger partial charge in [-0.2, -0.15) is 5.26 Å². The van der Waals surface area contributed by atoms with E-state index >= 15 is 0 Å². The Kier molecular flexibility index (Phi) is 3.15. The van der Waals surface area contributed by atoms with Gasteiger partial charge in [-0.05, 0) is 0 Å². The van der Waals surface area contributed by atoms with Gasteiger partial charge in [0, 0.05) is 0 Å². The SMILES string of the molecule is N#Cc1c(Cl)c(Cl)c(O)c(Cl)c1Cl. The molecule has 68 valence electrons. The van der Waals surface area contributed by atoms with Gasteiger partial charge < -0.3 is 5.11 Å². The van der Waals surface area contributed by atoms with Crippen molar-refractivity contribution in [1.82, 2.24) is 0 Å². The molecule has 0 unspecified atom stereocenters. The average Bonchev–Trinajstić information content (AvgIpc) is 2.13. The maximum absolute atomic E-state index is 9.25. The second-order valence-electron chi connectivity index (χ2n) is 2.09. The van der Waals surface area contributed by atoms with E-state index < -0.39 is 5.75 Å². The quantitative estimate of drug-likeness (QED) is 0.716. The zero-order valence-corrected chi connectivity index (χ0v) is 8.93. The lowest BCUT2D eigenvalue weighted by atomic mass is 10.2. The smallest absolute Gasteiger partial charge is 0.155 e. The Balaban J connectivity index is 3.69. The standard InChI is InChI=1S/C7HCl4NO/c8-3-2(1-12)4(9)6(11)7(13)5(3)10/h13H. The lowest BCUT2D eigenvalue weighted by molar-refractivity contribution is 0.476. The van der Waals surface area contributed by atoms with Crippen LogP contribution in [-0.4, -0.2) is 5.11 Å². The van der Waals surface area contributed by atoms with Crippen LogP contribution in [0.4, 0.5) is 0 Å². The molecule has 6 heteroatoms. The van der Waals surface area contributed by atoms with Crippen LogP contribution in [0.3, 0.4) is 0 Å². The molecule has 0 saturated heterocycles. The minimum Gasteiger partial charge on any atom is -0.505 e. The maximum Gasteiger partial charge on any atom is 0.155 e. The van der Waals surface area contributed by atoms with Gasteiger partial charge in [-0.15, -0.1) is 0 Å². The molecule has 0 aliphatic rings. The maximum atomic E-state index is 9.25. The van der Waals surface area contributed by atoms with E-state index in [0.717, 1.165) is 0 Å². The molecule has 0 aliphatic carbocycles. The number of phenolic OH excluding ortho intramolecular Hbond substituents is 1. The Bertz CT molecular complexity index is 381. The molecule has 0 atom stereocenters. The number of benzene rings is 1. The van der Waals surface area contributed by atoms with E-state index in [2.05, 4.69) is 0 Å². The van der Waals surface area contributed by atoms with Gasteiger partial charge >= 0.3 is 0 Å². The Morgan fingerprint density at radius 1 is 0.923 bits per heavy atom. The van der Waals surface area contributed by atoms with Crippen LogP contribution in [0.25, 0.3) is 0 Å². The minimum atomic E-state index is -0.419. The van der Waals surface area contributed by atoms with Crippen molar-refractivity contribution in [3.63, 3.8) is 0 Å². The summed E-state index contributed by atoms with van der Waals surface area (Å²) in [5.74, 6) is -0.419. The topological polar surface area (TPSA) is 44.0 Å². The molecule has 0 spiro atoms. The summed E-state index contributed by atoms with van der Waals surface area (Å²) in [5.41, 5.74) is -0.0452. The van der Waals surface area contributed by atoms with Gasteiger partial charge in [0.15, 0.2) is 5.75 Å². The van der Waals surface area contributed by atoms with Crippen molar-refractivity contribution in [1.29, 1.82) is 5.26 Å². The third-order valence-electron chi connectivity index (χ3n) is 1.35. The van der Waals surface area contributed by atoms with Crippen LogP contribution in [-0.2, 0) is 0 Å². The average molecular weight is 257 g/mol. The highest BCUT2D eigenvalue weighted by Gasteiger charge is 2.19. The van der Waals surface area contributed by atoms with Crippen LogP contribution in [0.1, 0.15) is 5.56 Å². The number of nitriles is 1. The van der Waals surface area contributed by atoms with Gasteiger partial charge in [0.25, 0.3) is 0 Å². The molecule has 2 nitrogen and oxygen atoms in total. The number of phenols is 1. The Labute approximate surface area is 94.2 Å². The van der Waals surface area contributed by atoms with Crippen molar-refractivity contribution in [2.24, 2.45) is 0 Å². The molecule has 1 N–H and O–H groups in total. The van der Waals surface area contributed by atoms with Gasteiger partial charge in [-0.1, -0.05) is 46.4 Å². The molecule has 0 heterocycles. The fraction of sp³-hybridized carbons (Fsp3) is 0. The van der Waals surface area contributed by atoms with E-state index in [1.165, 1.54) is 0 Å². The minimum absolute atomic E-state index is 0.0452. The molecule has 0 radical (unpaired) electrons. The molecular formula is C7HCl4NO. The molecule has 1 aromatic rings. The van der Waals surface area contributed by atoms with E-state index in [1.54, 1.807) is 6.07 Å². The molecule has 1 rings (SSSR count). The van der Waals surface area contributed by atoms with Crippen molar-refractivity contribution < 1.29 is 5.11 Å². The second-order valence-corrected chi connectivity index (χ2v) is 3.60. The van der Waals surface area contributed by atoms with E-state index in [9.17, 15) is 5.11 Å². The van der Waals surface area contributed by atoms with Crippen molar-refractivity contribution >= 4 is 46.4 Å². The van der Waals surface area contributed by atoms with Crippen LogP contribution in [0.2, 0.25) is 20.1 Å². The summed E-state index contributed by atoms with van der Waals surface area (Å²) < 4.78 is 0. The Morgan fingerprint density at radius 2 is 1.31 bits per heavy atom. The van der Waals surface area contributed by atoms with Crippen molar-refractivity contribution in [2.75, 3.05) is 0 Å². The van der Waals surface area contributed by atoms with Crippen molar-refractivity contribution in [2.45, 2.75) is 0 Å². The number of halogens is 4. The number of nitrogens with zero attached hydrogens (tertiary/aromatic N) is 1. The fourth-order valence-corrected chi connectivity index (χ4v) is 1.65. The summed E-state index contributed by atoms with van der Waals surface area (Å²) >= 11 is 22.4. The summed E-state index contributed by atoms with van der Waals surface area (Å²) in [6.07, 6.45) is 0. The van der Waals surface area contributed by atoms with Crippen molar-refractivity contribution in [3.05, 3.63) is 25.7 Å². The van der Waals surface area contributed by atoms with Gasteiger partial charge in [0.2, 0.25) is 0 Å². The zero-order valence-electron chi connectivity index (χ0n) is 5.91. The summed E-state index contributed by atoms with van der Waals surface area (Å²) in [6.45, 7) is 0. The molecule has 0 saturated carbocycles. The van der Waals surface area contributed by atoms with Crippen LogP contribution in [0.15, 0.2) is 0 Å². The first kappa shape index (κ1) is 10.7. The largest absolute Gasteiger partial charge is 0.505 e. The molecule has 0 fully saturated rings. The number of rotatable bonds is 0. The monoisotopic (exact) mass is 255 g/mol. The predicted molar refractivity (Wildman–Crippen MR) is 52.9 cm³/mol. The highest BCUT2D eigenvalue weighted by Crippen LogP contribution is 2.44. The third kappa shape index (κ3) is 1.66. The highest BCUT2D eigenvalue weighted by molar-refractivity contribution is 6.49. The van der Waals surface area contributed by atoms with E-state index in [0.29, 0.717) is 0 Å². The summed E-state index contributed by atoms with van der Waals surface area (Å²) in [4.78, 5) is 0. The summed E-state index contributed by atoms with van der Waals surface area (Å²) in [5, 5.41) is 17.3. The Morgan fingerprint density at radius 3 is 1.62 bits per heavy atom. The lowest BCUT2D eigenvalue weighted by Crippen LogP contribution is -1.84. The molecule has 0 aromatic heterocycles. The Hall–Kier alpha value is -0.330. The van der Waals surface area contributed by atoms with Crippen LogP contribution in [0.5, 0.6) is 5.75 Å². The zero-order chi connectivity index (χ0) is 10.2. The molecule has 13 heavy (non-hydrogen) atoms. The molecule has 1 aromatic carbocycles. The first-order valence-electron chi connectivity index (χ1n) is 2.95. The molecule has 0 bridgehead atoms. The van der Waals surface area contributed by atoms with Gasteiger partial charge in [-0.3, -0.25) is 0 Å². The van der Waals surface area contributed by atoms with E-state index in [4.69, 9.17) is 51.7 Å². The van der Waals surface area contributed by atoms with E-state index in [1.807, 2.05) is 0 Å². The first-order chi connectivity index (χ1) is 6.00. The summed E-state index contributed by atoms with van der Waals surface area (Å²) in [6, 6.07) is 1.73.